The first kappa shape index (κ1) is 19.2. The number of likely N-dealkylation sites (N-methyl/N-ethyl adjacent to an activating group) is 1. The van der Waals surface area contributed by atoms with Crippen LogP contribution in [0.5, 0.6) is 5.75 Å². The number of para-hydroxylation sites is 1. The zero-order chi connectivity index (χ0) is 18.1. The molecule has 1 N–H and O–H groups in total. The maximum atomic E-state index is 12.3. The summed E-state index contributed by atoms with van der Waals surface area (Å²) in [5.74, 6) is 0.611. The molecule has 6 heteroatoms. The first-order valence-electron chi connectivity index (χ1n) is 9.15. The number of hydrogen-bond donors (Lipinski definition) is 1. The van der Waals surface area contributed by atoms with E-state index >= 15 is 0 Å². The second-order valence-electron chi connectivity index (χ2n) is 6.10. The summed E-state index contributed by atoms with van der Waals surface area (Å²) in [6, 6.07) is 7.20. The third-order valence-corrected chi connectivity index (χ3v) is 4.46. The van der Waals surface area contributed by atoms with Crippen LogP contribution in [0.4, 0.5) is 0 Å². The number of benzene rings is 1. The van der Waals surface area contributed by atoms with Crippen molar-refractivity contribution in [2.75, 3.05) is 45.9 Å². The van der Waals surface area contributed by atoms with Crippen LogP contribution in [0.25, 0.3) is 0 Å². The largest absolute Gasteiger partial charge is 0.493 e. The van der Waals surface area contributed by atoms with Gasteiger partial charge in [-0.05, 0) is 32.0 Å². The zero-order valence-corrected chi connectivity index (χ0v) is 15.3. The Bertz CT molecular complexity index is 569. The molecule has 2 rings (SSSR count). The van der Waals surface area contributed by atoms with E-state index in [9.17, 15) is 9.59 Å². The fourth-order valence-electron chi connectivity index (χ4n) is 2.94. The van der Waals surface area contributed by atoms with E-state index < -0.39 is 0 Å². The SMILES string of the molecule is CCOc1ccccc1C(=O)NCCCC(=O)N1CCN(CC)CC1. The van der Waals surface area contributed by atoms with Crippen LogP contribution in [0.15, 0.2) is 24.3 Å². The molecule has 1 aromatic carbocycles. The molecule has 0 radical (unpaired) electrons. The van der Waals surface area contributed by atoms with E-state index in [0.717, 1.165) is 32.7 Å². The number of rotatable bonds is 8. The van der Waals surface area contributed by atoms with Crippen LogP contribution in [0, 0.1) is 0 Å². The Morgan fingerprint density at radius 1 is 1.12 bits per heavy atom. The second kappa shape index (κ2) is 10.0. The van der Waals surface area contributed by atoms with Crippen molar-refractivity contribution in [3.63, 3.8) is 0 Å². The van der Waals surface area contributed by atoms with Gasteiger partial charge in [0.15, 0.2) is 0 Å². The smallest absolute Gasteiger partial charge is 0.255 e. The van der Waals surface area contributed by atoms with Gasteiger partial charge in [-0.3, -0.25) is 9.59 Å². The van der Waals surface area contributed by atoms with Crippen LogP contribution in [0.2, 0.25) is 0 Å². The van der Waals surface area contributed by atoms with E-state index in [1.54, 1.807) is 12.1 Å². The summed E-state index contributed by atoms with van der Waals surface area (Å²) >= 11 is 0. The minimum absolute atomic E-state index is 0.159. The van der Waals surface area contributed by atoms with Gasteiger partial charge >= 0.3 is 0 Å². The Hall–Kier alpha value is -2.08. The molecule has 2 amide bonds. The predicted octanol–water partition coefficient (Wildman–Crippen LogP) is 1.76. The minimum atomic E-state index is -0.159. The Morgan fingerprint density at radius 2 is 1.84 bits per heavy atom. The molecule has 0 spiro atoms. The van der Waals surface area contributed by atoms with Crippen molar-refractivity contribution >= 4 is 11.8 Å². The van der Waals surface area contributed by atoms with Gasteiger partial charge in [-0.25, -0.2) is 0 Å². The van der Waals surface area contributed by atoms with E-state index in [1.165, 1.54) is 0 Å². The van der Waals surface area contributed by atoms with Crippen molar-refractivity contribution in [1.82, 2.24) is 15.1 Å². The molecule has 1 fully saturated rings. The molecule has 1 aromatic rings. The Balaban J connectivity index is 1.70. The van der Waals surface area contributed by atoms with Gasteiger partial charge in [-0.15, -0.1) is 0 Å². The second-order valence-corrected chi connectivity index (χ2v) is 6.10. The lowest BCUT2D eigenvalue weighted by Crippen LogP contribution is -2.48. The van der Waals surface area contributed by atoms with Gasteiger partial charge in [0, 0.05) is 39.1 Å². The van der Waals surface area contributed by atoms with E-state index in [2.05, 4.69) is 17.1 Å². The molecule has 0 saturated carbocycles. The van der Waals surface area contributed by atoms with E-state index in [4.69, 9.17) is 4.74 Å². The number of carbonyl (C=O) groups excluding carboxylic acids is 2. The third-order valence-electron chi connectivity index (χ3n) is 4.46. The molecule has 25 heavy (non-hydrogen) atoms. The molecule has 1 heterocycles. The van der Waals surface area contributed by atoms with Gasteiger partial charge in [-0.2, -0.15) is 0 Å². The van der Waals surface area contributed by atoms with Gasteiger partial charge in [0.2, 0.25) is 5.91 Å². The van der Waals surface area contributed by atoms with Crippen LogP contribution in [-0.4, -0.2) is 67.5 Å². The summed E-state index contributed by atoms with van der Waals surface area (Å²) in [5, 5.41) is 2.87. The van der Waals surface area contributed by atoms with Crippen LogP contribution < -0.4 is 10.1 Å². The average Bonchev–Trinajstić information content (AvgIpc) is 2.65. The van der Waals surface area contributed by atoms with Crippen molar-refractivity contribution in [1.29, 1.82) is 0 Å². The standard InChI is InChI=1S/C19H29N3O3/c1-3-21-12-14-22(15-13-21)18(23)10-7-11-20-19(24)16-8-5-6-9-17(16)25-4-2/h5-6,8-9H,3-4,7,10-15H2,1-2H3,(H,20,24). The molecule has 1 aliphatic rings. The quantitative estimate of drug-likeness (QED) is 0.728. The third kappa shape index (κ3) is 5.74. The number of hydrogen-bond acceptors (Lipinski definition) is 4. The molecule has 0 unspecified atom stereocenters. The molecule has 0 atom stereocenters. The van der Waals surface area contributed by atoms with Gasteiger partial charge in [0.1, 0.15) is 5.75 Å². The van der Waals surface area contributed by atoms with Crippen molar-refractivity contribution in [3.05, 3.63) is 29.8 Å². The zero-order valence-electron chi connectivity index (χ0n) is 15.3. The lowest BCUT2D eigenvalue weighted by molar-refractivity contribution is -0.133. The normalized spacial score (nSPS) is 15.0. The molecule has 6 nitrogen and oxygen atoms in total. The van der Waals surface area contributed by atoms with E-state index in [-0.39, 0.29) is 11.8 Å². The summed E-state index contributed by atoms with van der Waals surface area (Å²) in [6.45, 7) is 9.59. The van der Waals surface area contributed by atoms with Crippen molar-refractivity contribution < 1.29 is 14.3 Å². The van der Waals surface area contributed by atoms with Crippen LogP contribution in [-0.2, 0) is 4.79 Å². The monoisotopic (exact) mass is 347 g/mol. The van der Waals surface area contributed by atoms with E-state index in [1.807, 2.05) is 24.0 Å². The number of amides is 2. The molecule has 138 valence electrons. The highest BCUT2D eigenvalue weighted by atomic mass is 16.5. The van der Waals surface area contributed by atoms with Gasteiger partial charge in [0.25, 0.3) is 5.91 Å². The summed E-state index contributed by atoms with van der Waals surface area (Å²) in [4.78, 5) is 28.8. The van der Waals surface area contributed by atoms with Crippen LogP contribution in [0.3, 0.4) is 0 Å². The molecular formula is C19H29N3O3. The summed E-state index contributed by atoms with van der Waals surface area (Å²) in [6.07, 6.45) is 1.12. The summed E-state index contributed by atoms with van der Waals surface area (Å²) in [7, 11) is 0. The number of piperazine rings is 1. The number of carbonyl (C=O) groups is 2. The van der Waals surface area contributed by atoms with Gasteiger partial charge in [0.05, 0.1) is 12.2 Å². The molecular weight excluding hydrogens is 318 g/mol. The first-order chi connectivity index (χ1) is 12.2. The molecule has 1 aliphatic heterocycles. The number of nitrogens with zero attached hydrogens (tertiary/aromatic N) is 2. The highest BCUT2D eigenvalue weighted by Crippen LogP contribution is 2.17. The van der Waals surface area contributed by atoms with E-state index in [0.29, 0.717) is 37.3 Å². The Labute approximate surface area is 150 Å². The minimum Gasteiger partial charge on any atom is -0.493 e. The number of nitrogens with one attached hydrogen (secondary N) is 1. The van der Waals surface area contributed by atoms with Gasteiger partial charge in [-0.1, -0.05) is 19.1 Å². The highest BCUT2D eigenvalue weighted by molar-refractivity contribution is 5.96. The number of ether oxygens (including phenoxy) is 1. The fraction of sp³-hybridized carbons (Fsp3) is 0.579. The van der Waals surface area contributed by atoms with Gasteiger partial charge < -0.3 is 19.9 Å². The molecule has 0 aliphatic carbocycles. The van der Waals surface area contributed by atoms with Crippen LogP contribution in [0.1, 0.15) is 37.0 Å². The Kier molecular flexibility index (Phi) is 7.73. The predicted molar refractivity (Wildman–Crippen MR) is 97.9 cm³/mol. The fourth-order valence-corrected chi connectivity index (χ4v) is 2.94. The molecule has 0 bridgehead atoms. The Morgan fingerprint density at radius 3 is 2.52 bits per heavy atom. The van der Waals surface area contributed by atoms with Crippen molar-refractivity contribution in [2.45, 2.75) is 26.7 Å². The lowest BCUT2D eigenvalue weighted by Gasteiger charge is -2.34. The maximum absolute atomic E-state index is 12.3. The first-order valence-corrected chi connectivity index (χ1v) is 9.15. The molecule has 0 aromatic heterocycles. The highest BCUT2D eigenvalue weighted by Gasteiger charge is 2.19. The van der Waals surface area contributed by atoms with Crippen LogP contribution >= 0.6 is 0 Å². The summed E-state index contributed by atoms with van der Waals surface area (Å²) in [5.41, 5.74) is 0.534. The summed E-state index contributed by atoms with van der Waals surface area (Å²) < 4.78 is 5.47. The molecule has 1 saturated heterocycles. The lowest BCUT2D eigenvalue weighted by atomic mass is 10.2. The topological polar surface area (TPSA) is 61.9 Å². The van der Waals surface area contributed by atoms with Crippen molar-refractivity contribution in [3.8, 4) is 5.75 Å². The maximum Gasteiger partial charge on any atom is 0.255 e. The average molecular weight is 347 g/mol. The van der Waals surface area contributed by atoms with Crippen molar-refractivity contribution in [2.24, 2.45) is 0 Å².